The summed E-state index contributed by atoms with van der Waals surface area (Å²) in [5.41, 5.74) is -0.227. The van der Waals surface area contributed by atoms with Gasteiger partial charge in [0, 0.05) is 45.8 Å². The van der Waals surface area contributed by atoms with Crippen molar-refractivity contribution in [3.8, 4) is 0 Å². The average molecular weight is 418 g/mol. The monoisotopic (exact) mass is 418 g/mol. The maximum atomic E-state index is 11.9. The molecule has 166 valence electrons. The number of carbonyl (C=O) groups excluding carboxylic acids is 4. The van der Waals surface area contributed by atoms with Gasteiger partial charge < -0.3 is 28.4 Å². The van der Waals surface area contributed by atoms with Crippen molar-refractivity contribution in [2.75, 3.05) is 40.6 Å². The molecule has 0 radical (unpaired) electrons. The molecule has 0 bridgehead atoms. The number of esters is 4. The predicted molar refractivity (Wildman–Crippen MR) is 99.8 cm³/mol. The topological polar surface area (TPSA) is 124 Å². The molecule has 0 saturated carbocycles. The third-order valence-corrected chi connectivity index (χ3v) is 3.38. The van der Waals surface area contributed by atoms with E-state index in [1.807, 2.05) is 0 Å². The first kappa shape index (κ1) is 26.5. The maximum absolute atomic E-state index is 11.9. The summed E-state index contributed by atoms with van der Waals surface area (Å²) in [7, 11) is 3.05. The zero-order valence-corrected chi connectivity index (χ0v) is 17.4. The third kappa shape index (κ3) is 12.6. The highest BCUT2D eigenvalue weighted by Gasteiger charge is 2.24. The number of ether oxygens (including phenoxy) is 6. The van der Waals surface area contributed by atoms with Crippen LogP contribution in [-0.4, -0.2) is 76.7 Å². The highest BCUT2D eigenvalue weighted by atomic mass is 16.6. The molecule has 0 aliphatic heterocycles. The maximum Gasteiger partial charge on any atom is 0.347 e. The molecule has 0 aromatic rings. The van der Waals surface area contributed by atoms with Crippen LogP contribution in [-0.2, 0) is 47.6 Å². The number of rotatable bonds is 15. The normalized spacial score (nSPS) is 12.4. The quantitative estimate of drug-likeness (QED) is 0.164. The van der Waals surface area contributed by atoms with Crippen molar-refractivity contribution in [2.24, 2.45) is 0 Å². The fourth-order valence-electron chi connectivity index (χ4n) is 1.81. The lowest BCUT2D eigenvalue weighted by atomic mass is 10.2. The van der Waals surface area contributed by atoms with Gasteiger partial charge in [0.25, 0.3) is 0 Å². The van der Waals surface area contributed by atoms with Crippen molar-refractivity contribution in [1.82, 2.24) is 0 Å². The summed E-state index contributed by atoms with van der Waals surface area (Å²) in [5.74, 6) is -3.25. The van der Waals surface area contributed by atoms with E-state index in [0.717, 1.165) is 0 Å². The highest BCUT2D eigenvalue weighted by Crippen LogP contribution is 2.08. The lowest BCUT2D eigenvalue weighted by Gasteiger charge is -2.15. The minimum Gasteiger partial charge on any atom is -0.463 e. The minimum absolute atomic E-state index is 0.126. The summed E-state index contributed by atoms with van der Waals surface area (Å²) >= 11 is 0. The van der Waals surface area contributed by atoms with Gasteiger partial charge in [0.05, 0.1) is 19.6 Å². The SMILES string of the molecule is C=C(CC(=O)OC(C)C(=O)OCCCOC)C(=O)OC(C)C(=O)OCCCOC. The van der Waals surface area contributed by atoms with Crippen molar-refractivity contribution < 1.29 is 47.6 Å². The van der Waals surface area contributed by atoms with E-state index in [-0.39, 0.29) is 18.8 Å². The lowest BCUT2D eigenvalue weighted by Crippen LogP contribution is -2.29. The van der Waals surface area contributed by atoms with Crippen molar-refractivity contribution in [3.05, 3.63) is 12.2 Å². The summed E-state index contributed by atoms with van der Waals surface area (Å²) in [6.07, 6.45) is -1.79. The van der Waals surface area contributed by atoms with Gasteiger partial charge in [-0.3, -0.25) is 4.79 Å². The molecule has 0 aliphatic carbocycles. The van der Waals surface area contributed by atoms with E-state index < -0.39 is 42.5 Å². The molecule has 0 heterocycles. The zero-order chi connectivity index (χ0) is 22.2. The first-order chi connectivity index (χ1) is 13.7. The molecule has 0 aliphatic rings. The predicted octanol–water partition coefficient (Wildman–Crippen LogP) is 0.956. The van der Waals surface area contributed by atoms with Crippen LogP contribution in [0.2, 0.25) is 0 Å². The molecule has 0 spiro atoms. The van der Waals surface area contributed by atoms with Crippen LogP contribution in [0.15, 0.2) is 12.2 Å². The molecule has 2 atom stereocenters. The van der Waals surface area contributed by atoms with Crippen LogP contribution in [0.5, 0.6) is 0 Å². The Bertz CT molecular complexity index is 557. The van der Waals surface area contributed by atoms with Gasteiger partial charge in [-0.25, -0.2) is 14.4 Å². The number of carbonyl (C=O) groups is 4. The Morgan fingerprint density at radius 2 is 1.21 bits per heavy atom. The molecule has 10 nitrogen and oxygen atoms in total. The van der Waals surface area contributed by atoms with Crippen LogP contribution in [0.4, 0.5) is 0 Å². The second-order valence-electron chi connectivity index (χ2n) is 5.99. The highest BCUT2D eigenvalue weighted by molar-refractivity contribution is 5.95. The molecule has 0 amide bonds. The number of hydrogen-bond donors (Lipinski definition) is 0. The van der Waals surface area contributed by atoms with Crippen LogP contribution in [0.25, 0.3) is 0 Å². The van der Waals surface area contributed by atoms with Gasteiger partial charge >= 0.3 is 23.9 Å². The van der Waals surface area contributed by atoms with E-state index in [1.54, 1.807) is 0 Å². The Labute approximate surface area is 170 Å². The van der Waals surface area contributed by atoms with E-state index in [1.165, 1.54) is 28.1 Å². The Morgan fingerprint density at radius 3 is 1.66 bits per heavy atom. The van der Waals surface area contributed by atoms with E-state index in [9.17, 15) is 19.2 Å². The Morgan fingerprint density at radius 1 is 0.759 bits per heavy atom. The molecular formula is C19H30O10. The Kier molecular flexibility index (Phi) is 14.1. The van der Waals surface area contributed by atoms with Crippen LogP contribution >= 0.6 is 0 Å². The van der Waals surface area contributed by atoms with Gasteiger partial charge in [0.15, 0.2) is 12.2 Å². The molecule has 29 heavy (non-hydrogen) atoms. The van der Waals surface area contributed by atoms with E-state index >= 15 is 0 Å². The molecule has 10 heteroatoms. The minimum atomic E-state index is -1.17. The standard InChI is InChI=1S/C19H30O10/c1-13(17(21)29-15(3)19(23)27-11-7-9-25-5)12-16(20)28-14(2)18(22)26-10-6-8-24-4/h14-15H,1,6-12H2,2-5H3. The van der Waals surface area contributed by atoms with Crippen molar-refractivity contribution in [3.63, 3.8) is 0 Å². The lowest BCUT2D eigenvalue weighted by molar-refractivity contribution is -0.167. The summed E-state index contributed by atoms with van der Waals surface area (Å²) < 4.78 is 29.3. The van der Waals surface area contributed by atoms with Gasteiger partial charge in [0.2, 0.25) is 0 Å². The molecule has 0 N–H and O–H groups in total. The summed E-state index contributed by atoms with van der Waals surface area (Å²) in [4.78, 5) is 47.2. The Balaban J connectivity index is 4.25. The van der Waals surface area contributed by atoms with E-state index in [2.05, 4.69) is 6.58 Å². The summed E-state index contributed by atoms with van der Waals surface area (Å²) in [5, 5.41) is 0. The number of methoxy groups -OCH3 is 2. The van der Waals surface area contributed by atoms with Crippen LogP contribution in [0.3, 0.4) is 0 Å². The smallest absolute Gasteiger partial charge is 0.347 e. The molecule has 0 aromatic heterocycles. The van der Waals surface area contributed by atoms with Gasteiger partial charge in [-0.2, -0.15) is 0 Å². The second kappa shape index (κ2) is 15.5. The third-order valence-electron chi connectivity index (χ3n) is 3.38. The zero-order valence-electron chi connectivity index (χ0n) is 17.4. The van der Waals surface area contributed by atoms with Crippen LogP contribution in [0, 0.1) is 0 Å². The second-order valence-corrected chi connectivity index (χ2v) is 5.99. The van der Waals surface area contributed by atoms with E-state index in [0.29, 0.717) is 26.1 Å². The molecule has 0 fully saturated rings. The Hall–Kier alpha value is -2.46. The molecule has 2 unspecified atom stereocenters. The first-order valence-corrected chi connectivity index (χ1v) is 9.12. The van der Waals surface area contributed by atoms with Crippen molar-refractivity contribution >= 4 is 23.9 Å². The fraction of sp³-hybridized carbons (Fsp3) is 0.684. The largest absolute Gasteiger partial charge is 0.463 e. The summed E-state index contributed by atoms with van der Waals surface area (Å²) in [6, 6.07) is 0. The molecular weight excluding hydrogens is 388 g/mol. The first-order valence-electron chi connectivity index (χ1n) is 9.12. The van der Waals surface area contributed by atoms with Crippen molar-refractivity contribution in [2.45, 2.75) is 45.3 Å². The van der Waals surface area contributed by atoms with Gasteiger partial charge in [0.1, 0.15) is 0 Å². The van der Waals surface area contributed by atoms with Gasteiger partial charge in [-0.15, -0.1) is 0 Å². The molecule has 0 saturated heterocycles. The van der Waals surface area contributed by atoms with Crippen molar-refractivity contribution in [1.29, 1.82) is 0 Å². The van der Waals surface area contributed by atoms with Gasteiger partial charge in [-0.1, -0.05) is 6.58 Å². The molecule has 0 aromatic carbocycles. The average Bonchev–Trinajstić information content (AvgIpc) is 2.67. The molecule has 0 rings (SSSR count). The van der Waals surface area contributed by atoms with Gasteiger partial charge in [-0.05, 0) is 13.8 Å². The fourth-order valence-corrected chi connectivity index (χ4v) is 1.81. The number of hydrogen-bond acceptors (Lipinski definition) is 10. The summed E-state index contributed by atoms with van der Waals surface area (Å²) in [6.45, 7) is 7.25. The van der Waals surface area contributed by atoms with E-state index in [4.69, 9.17) is 28.4 Å². The van der Waals surface area contributed by atoms with Crippen LogP contribution < -0.4 is 0 Å². The van der Waals surface area contributed by atoms with Crippen LogP contribution in [0.1, 0.15) is 33.1 Å².